The van der Waals surface area contributed by atoms with Gasteiger partial charge in [0.2, 0.25) is 0 Å². The number of aromatic nitrogens is 2. The van der Waals surface area contributed by atoms with Gasteiger partial charge in [-0.3, -0.25) is 9.59 Å². The van der Waals surface area contributed by atoms with Gasteiger partial charge in [-0.05, 0) is 37.3 Å². The van der Waals surface area contributed by atoms with Crippen molar-refractivity contribution in [3.8, 4) is 0 Å². The van der Waals surface area contributed by atoms with Crippen LogP contribution in [0.15, 0.2) is 47.3 Å². The molecule has 1 amide bonds. The number of nitrogens with zero attached hydrogens (tertiary/aromatic N) is 2. The highest BCUT2D eigenvalue weighted by Crippen LogP contribution is 2.26. The Labute approximate surface area is 158 Å². The molecule has 4 rings (SSSR count). The molecular formula is C19H23ClN4O2. The average Bonchev–Trinajstić information content (AvgIpc) is 2.96. The highest BCUT2D eigenvalue weighted by molar-refractivity contribution is 5.92. The zero-order chi connectivity index (χ0) is 17.2. The van der Waals surface area contributed by atoms with Gasteiger partial charge in [-0.2, -0.15) is 5.10 Å². The van der Waals surface area contributed by atoms with Crippen molar-refractivity contribution in [3.63, 3.8) is 0 Å². The molecule has 138 valence electrons. The number of nitrogens with one attached hydrogen (secondary N) is 2. The molecule has 2 unspecified atom stereocenters. The molecule has 2 aliphatic heterocycles. The van der Waals surface area contributed by atoms with Crippen molar-refractivity contribution in [3.05, 3.63) is 64.1 Å². The fraction of sp³-hybridized carbons (Fsp3) is 0.421. The topological polar surface area (TPSA) is 76.0 Å². The molecule has 1 aromatic carbocycles. The minimum absolute atomic E-state index is 0. The fourth-order valence-electron chi connectivity index (χ4n) is 3.87. The lowest BCUT2D eigenvalue weighted by molar-refractivity contribution is 0.0916. The lowest BCUT2D eigenvalue weighted by atomic mass is 10.00. The van der Waals surface area contributed by atoms with E-state index in [1.54, 1.807) is 0 Å². The van der Waals surface area contributed by atoms with Crippen molar-refractivity contribution in [2.24, 2.45) is 0 Å². The van der Waals surface area contributed by atoms with E-state index in [-0.39, 0.29) is 29.9 Å². The molecule has 0 saturated carbocycles. The maximum atomic E-state index is 12.6. The van der Waals surface area contributed by atoms with Crippen LogP contribution >= 0.6 is 12.4 Å². The van der Waals surface area contributed by atoms with Crippen molar-refractivity contribution >= 4 is 18.3 Å². The highest BCUT2D eigenvalue weighted by Gasteiger charge is 2.34. The van der Waals surface area contributed by atoms with Gasteiger partial charge in [-0.25, -0.2) is 4.68 Å². The summed E-state index contributed by atoms with van der Waals surface area (Å²) in [5.74, 6) is -0.201. The smallest absolute Gasteiger partial charge is 0.271 e. The Morgan fingerprint density at radius 1 is 1.12 bits per heavy atom. The van der Waals surface area contributed by atoms with E-state index in [0.29, 0.717) is 24.3 Å². The lowest BCUT2D eigenvalue weighted by Crippen LogP contribution is -2.48. The van der Waals surface area contributed by atoms with E-state index in [1.807, 2.05) is 30.3 Å². The number of hydrogen-bond donors (Lipinski definition) is 2. The number of halogens is 1. The van der Waals surface area contributed by atoms with Crippen molar-refractivity contribution < 1.29 is 4.79 Å². The van der Waals surface area contributed by atoms with E-state index in [2.05, 4.69) is 15.7 Å². The third kappa shape index (κ3) is 4.14. The number of rotatable bonds is 4. The zero-order valence-corrected chi connectivity index (χ0v) is 15.2. The molecule has 2 saturated heterocycles. The molecule has 2 aliphatic rings. The summed E-state index contributed by atoms with van der Waals surface area (Å²) in [6.45, 7) is 0.359. The lowest BCUT2D eigenvalue weighted by Gasteiger charge is -2.29. The molecule has 1 aromatic heterocycles. The molecule has 2 atom stereocenters. The number of benzene rings is 1. The Bertz CT molecular complexity index is 812. The van der Waals surface area contributed by atoms with E-state index in [4.69, 9.17) is 0 Å². The van der Waals surface area contributed by atoms with Crippen LogP contribution in [-0.4, -0.2) is 33.8 Å². The maximum Gasteiger partial charge on any atom is 0.271 e. The first-order valence-electron chi connectivity index (χ1n) is 8.86. The van der Waals surface area contributed by atoms with Gasteiger partial charge >= 0.3 is 0 Å². The van der Waals surface area contributed by atoms with E-state index in [1.165, 1.54) is 29.7 Å². The van der Waals surface area contributed by atoms with Crippen LogP contribution in [0, 0.1) is 0 Å². The molecule has 3 heterocycles. The Morgan fingerprint density at radius 2 is 1.81 bits per heavy atom. The fourth-order valence-corrected chi connectivity index (χ4v) is 3.87. The highest BCUT2D eigenvalue weighted by atomic mass is 35.5. The van der Waals surface area contributed by atoms with Gasteiger partial charge in [0.05, 0.1) is 6.54 Å². The van der Waals surface area contributed by atoms with E-state index in [9.17, 15) is 9.59 Å². The summed E-state index contributed by atoms with van der Waals surface area (Å²) in [6, 6.07) is 13.8. The second-order valence-electron chi connectivity index (χ2n) is 6.98. The van der Waals surface area contributed by atoms with Crippen LogP contribution in [0.5, 0.6) is 0 Å². The molecule has 0 aliphatic carbocycles. The monoisotopic (exact) mass is 374 g/mol. The summed E-state index contributed by atoms with van der Waals surface area (Å²) in [5, 5.41) is 10.9. The predicted molar refractivity (Wildman–Crippen MR) is 102 cm³/mol. The zero-order valence-electron chi connectivity index (χ0n) is 14.4. The van der Waals surface area contributed by atoms with Crippen LogP contribution in [0.25, 0.3) is 0 Å². The van der Waals surface area contributed by atoms with E-state index < -0.39 is 0 Å². The first-order chi connectivity index (χ1) is 12.2. The molecule has 2 aromatic rings. The standard InChI is InChI=1S/C19H22N4O2.ClH/c24-18-9-8-17(22-23(18)12-13-4-2-1-3-5-13)19(25)21-16-10-14-6-7-15(11-16)20-14;/h1-5,8-9,14-16,20H,6-7,10-12H2,(H,21,25);1H. The van der Waals surface area contributed by atoms with Crippen molar-refractivity contribution in [1.29, 1.82) is 0 Å². The second-order valence-corrected chi connectivity index (χ2v) is 6.98. The molecule has 2 bridgehead atoms. The van der Waals surface area contributed by atoms with Crippen molar-refractivity contribution in [1.82, 2.24) is 20.4 Å². The minimum Gasteiger partial charge on any atom is -0.348 e. The Hall–Kier alpha value is -2.18. The van der Waals surface area contributed by atoms with Gasteiger partial charge in [0, 0.05) is 24.2 Å². The van der Waals surface area contributed by atoms with Gasteiger partial charge in [-0.1, -0.05) is 30.3 Å². The predicted octanol–water partition coefficient (Wildman–Crippen LogP) is 1.73. The summed E-state index contributed by atoms with van der Waals surface area (Å²) in [4.78, 5) is 24.6. The summed E-state index contributed by atoms with van der Waals surface area (Å²) in [7, 11) is 0. The number of fused-ring (bicyclic) bond motifs is 2. The summed E-state index contributed by atoms with van der Waals surface area (Å²) >= 11 is 0. The molecule has 2 fully saturated rings. The van der Waals surface area contributed by atoms with Crippen molar-refractivity contribution in [2.75, 3.05) is 0 Å². The third-order valence-electron chi connectivity index (χ3n) is 5.08. The molecule has 26 heavy (non-hydrogen) atoms. The summed E-state index contributed by atoms with van der Waals surface area (Å²) in [6.07, 6.45) is 4.31. The third-order valence-corrected chi connectivity index (χ3v) is 5.08. The van der Waals surface area contributed by atoms with Crippen LogP contribution in [-0.2, 0) is 6.54 Å². The first kappa shape index (κ1) is 18.6. The van der Waals surface area contributed by atoms with Crippen molar-refractivity contribution in [2.45, 2.75) is 50.4 Å². The summed E-state index contributed by atoms with van der Waals surface area (Å²) in [5.41, 5.74) is 1.06. The van der Waals surface area contributed by atoms with Crippen LogP contribution in [0.2, 0.25) is 0 Å². The molecule has 7 heteroatoms. The number of amides is 1. The van der Waals surface area contributed by atoms with E-state index in [0.717, 1.165) is 18.4 Å². The Kier molecular flexibility index (Phi) is 5.74. The Balaban J connectivity index is 0.00000196. The SMILES string of the molecule is Cl.O=C(NC1CC2CCC(C1)N2)c1ccc(=O)n(Cc2ccccc2)n1. The van der Waals surface area contributed by atoms with Gasteiger partial charge in [0.25, 0.3) is 11.5 Å². The van der Waals surface area contributed by atoms with Crippen LogP contribution < -0.4 is 16.2 Å². The molecular weight excluding hydrogens is 352 g/mol. The molecule has 2 N–H and O–H groups in total. The molecule has 0 radical (unpaired) electrons. The average molecular weight is 375 g/mol. The quantitative estimate of drug-likeness (QED) is 0.854. The molecule has 6 nitrogen and oxygen atoms in total. The van der Waals surface area contributed by atoms with Crippen LogP contribution in [0.4, 0.5) is 0 Å². The summed E-state index contributed by atoms with van der Waals surface area (Å²) < 4.78 is 1.34. The van der Waals surface area contributed by atoms with Crippen LogP contribution in [0.3, 0.4) is 0 Å². The van der Waals surface area contributed by atoms with Gasteiger partial charge in [-0.15, -0.1) is 12.4 Å². The number of piperidine rings is 1. The maximum absolute atomic E-state index is 12.6. The Morgan fingerprint density at radius 3 is 2.50 bits per heavy atom. The number of carbonyl (C=O) groups excluding carboxylic acids is 1. The molecule has 0 spiro atoms. The number of carbonyl (C=O) groups is 1. The van der Waals surface area contributed by atoms with E-state index >= 15 is 0 Å². The normalized spacial score (nSPS) is 23.9. The number of hydrogen-bond acceptors (Lipinski definition) is 4. The first-order valence-corrected chi connectivity index (χ1v) is 8.86. The minimum atomic E-state index is -0.208. The second kappa shape index (κ2) is 8.01. The van der Waals surface area contributed by atoms with Crippen LogP contribution in [0.1, 0.15) is 41.7 Å². The van der Waals surface area contributed by atoms with Gasteiger partial charge in [0.15, 0.2) is 0 Å². The van der Waals surface area contributed by atoms with Gasteiger partial charge < -0.3 is 10.6 Å². The van der Waals surface area contributed by atoms with Gasteiger partial charge in [0.1, 0.15) is 5.69 Å². The largest absolute Gasteiger partial charge is 0.348 e.